The Balaban J connectivity index is 0. The predicted molar refractivity (Wildman–Crippen MR) is 10.0 cm³/mol. The minimum Gasteiger partial charge on any atom is -0.543 e. The predicted octanol–water partition coefficient (Wildman–Crippen LogP) is -3.52. The maximum absolute atomic E-state index is 8.93. The summed E-state index contributed by atoms with van der Waals surface area (Å²) >= 11 is 0. The van der Waals surface area contributed by atoms with Crippen molar-refractivity contribution < 1.29 is 39.9 Å². The molecule has 0 unspecified atom stereocenters. The van der Waals surface area contributed by atoms with E-state index in [0.717, 1.165) is 0 Å². The number of carboxylic acid groups (broad SMARTS) is 2. The van der Waals surface area contributed by atoms with Gasteiger partial charge in [0.2, 0.25) is 0 Å². The van der Waals surface area contributed by atoms with Crippen LogP contribution < -0.4 is 10.2 Å². The minimum atomic E-state index is -2.19. The molecule has 5 heteroatoms. The third-order valence-corrected chi connectivity index (χ3v) is 0.167. The number of rotatable bonds is 0. The van der Waals surface area contributed by atoms with Crippen LogP contribution in [-0.2, 0) is 29.7 Å². The van der Waals surface area contributed by atoms with E-state index in [1.807, 2.05) is 0 Å². The largest absolute Gasteiger partial charge is 0.543 e. The first-order valence-electron chi connectivity index (χ1n) is 1.07. The first-order valence-corrected chi connectivity index (χ1v) is 1.07. The number of carbonyl (C=O) groups is 2. The van der Waals surface area contributed by atoms with Crippen molar-refractivity contribution in [3.05, 3.63) is 0 Å². The van der Waals surface area contributed by atoms with Gasteiger partial charge >= 0.3 is 0 Å². The van der Waals surface area contributed by atoms with Crippen LogP contribution in [0.25, 0.3) is 0 Å². The van der Waals surface area contributed by atoms with Crippen LogP contribution >= 0.6 is 0 Å². The summed E-state index contributed by atoms with van der Waals surface area (Å²) < 4.78 is 0. The second-order valence-corrected chi connectivity index (χ2v) is 0.575. The van der Waals surface area contributed by atoms with Gasteiger partial charge in [-0.2, -0.15) is 0 Å². The molecule has 43 valence electrons. The molecule has 0 saturated carbocycles. The summed E-state index contributed by atoms with van der Waals surface area (Å²) in [5, 5.41) is 17.9. The van der Waals surface area contributed by atoms with Crippen molar-refractivity contribution in [3.8, 4) is 0 Å². The van der Waals surface area contributed by atoms with E-state index in [0.29, 0.717) is 0 Å². The Hall–Kier alpha value is -0.411. The molecule has 0 aliphatic rings. The van der Waals surface area contributed by atoms with E-state index in [2.05, 4.69) is 0 Å². The van der Waals surface area contributed by atoms with Crippen molar-refractivity contribution in [2.45, 2.75) is 0 Å². The van der Waals surface area contributed by atoms with Gasteiger partial charge in [0.15, 0.2) is 0 Å². The number of carboxylic acids is 2. The minimum absolute atomic E-state index is 0. The van der Waals surface area contributed by atoms with E-state index in [4.69, 9.17) is 19.8 Å². The molecule has 0 rings (SSSR count). The maximum atomic E-state index is 8.93. The summed E-state index contributed by atoms with van der Waals surface area (Å²) in [6.07, 6.45) is 0. The van der Waals surface area contributed by atoms with Crippen molar-refractivity contribution in [2.24, 2.45) is 0 Å². The molecule has 0 aromatic rings. The Morgan fingerprint density at radius 3 is 1.14 bits per heavy atom. The van der Waals surface area contributed by atoms with Gasteiger partial charge in [-0.1, -0.05) is 0 Å². The summed E-state index contributed by atoms with van der Waals surface area (Å²) in [4.78, 5) is 17.9. The fourth-order valence-corrected chi connectivity index (χ4v) is 0. The molecule has 0 amide bonds. The third kappa shape index (κ3) is 5.59. The molecule has 0 N–H and O–H groups in total. The quantitative estimate of drug-likeness (QED) is 0.431. The Bertz CT molecular complexity index is 75.7. The summed E-state index contributed by atoms with van der Waals surface area (Å²) in [5.41, 5.74) is 0. The zero-order chi connectivity index (χ0) is 5.15. The van der Waals surface area contributed by atoms with E-state index in [9.17, 15) is 0 Å². The average molecular weight is 280 g/mol. The van der Waals surface area contributed by atoms with Gasteiger partial charge < -0.3 is 19.8 Å². The van der Waals surface area contributed by atoms with Crippen molar-refractivity contribution in [1.29, 1.82) is 0 Å². The molecule has 4 nitrogen and oxygen atoms in total. The molecular weight excluding hydrogens is 280 g/mol. The summed E-state index contributed by atoms with van der Waals surface area (Å²) in [6.45, 7) is 0. The first-order chi connectivity index (χ1) is 2.64. The van der Waals surface area contributed by atoms with E-state index in [1.165, 1.54) is 0 Å². The zero-order valence-electron chi connectivity index (χ0n) is 2.97. The van der Waals surface area contributed by atoms with Gasteiger partial charge in [-0.15, -0.1) is 0 Å². The average Bonchev–Trinajstić information content (AvgIpc) is 1.36. The molecule has 0 bridgehead atoms. The fourth-order valence-electron chi connectivity index (χ4n) is 0. The van der Waals surface area contributed by atoms with Gasteiger partial charge in [0.05, 0.1) is 11.9 Å². The number of hydrogen-bond donors (Lipinski definition) is 0. The molecule has 0 fully saturated rings. The van der Waals surface area contributed by atoms with E-state index in [-0.39, 0.29) is 20.1 Å². The molecule has 1 radical (unpaired) electrons. The van der Waals surface area contributed by atoms with Gasteiger partial charge in [0.25, 0.3) is 0 Å². The molecule has 0 aromatic heterocycles. The van der Waals surface area contributed by atoms with Crippen molar-refractivity contribution >= 4 is 11.9 Å². The van der Waals surface area contributed by atoms with Crippen LogP contribution in [-0.4, -0.2) is 11.9 Å². The molecule has 0 aliphatic carbocycles. The smallest absolute Gasteiger partial charge is 0.0870 e. The van der Waals surface area contributed by atoms with Crippen LogP contribution in [0.4, 0.5) is 0 Å². The second kappa shape index (κ2) is 3.77. The first kappa shape index (κ1) is 9.77. The van der Waals surface area contributed by atoms with E-state index >= 15 is 0 Å². The molecule has 7 heavy (non-hydrogen) atoms. The summed E-state index contributed by atoms with van der Waals surface area (Å²) in [7, 11) is 0. The number of hydrogen-bond acceptors (Lipinski definition) is 4. The summed E-state index contributed by atoms with van der Waals surface area (Å²) in [6, 6.07) is 0. The monoisotopic (exact) mass is 281 g/mol. The van der Waals surface area contributed by atoms with Crippen molar-refractivity contribution in [3.63, 3.8) is 0 Å². The van der Waals surface area contributed by atoms with E-state index in [1.54, 1.807) is 0 Å². The normalized spacial score (nSPS) is 6.29. The van der Waals surface area contributed by atoms with Gasteiger partial charge in [0.1, 0.15) is 0 Å². The molecule has 0 saturated heterocycles. The van der Waals surface area contributed by atoms with Crippen LogP contribution in [0.2, 0.25) is 0 Å². The Kier molecular flexibility index (Phi) is 5.26. The number of carbonyl (C=O) groups excluding carboxylic acids is 2. The SMILES string of the molecule is O=C([O-])C(=O)[O-].[Ir]. The molecular formula is C2IrO4-2. The molecule has 0 aromatic carbocycles. The zero-order valence-corrected chi connectivity index (χ0v) is 5.36. The summed E-state index contributed by atoms with van der Waals surface area (Å²) in [5.74, 6) is -4.37. The fraction of sp³-hybridized carbons (Fsp3) is 0. The third-order valence-electron chi connectivity index (χ3n) is 0.167. The maximum Gasteiger partial charge on any atom is 0.0870 e. The molecule has 0 atom stereocenters. The van der Waals surface area contributed by atoms with Gasteiger partial charge in [-0.05, 0) is 0 Å². The Labute approximate surface area is 52.5 Å². The van der Waals surface area contributed by atoms with Crippen LogP contribution in [0.1, 0.15) is 0 Å². The van der Waals surface area contributed by atoms with Gasteiger partial charge in [0, 0.05) is 20.1 Å². The Morgan fingerprint density at radius 1 is 1.00 bits per heavy atom. The standard InChI is InChI=1S/C2H2O4.Ir/c3-1(4)2(5)6;/h(H,3,4)(H,5,6);/p-2. The van der Waals surface area contributed by atoms with Crippen LogP contribution in [0.3, 0.4) is 0 Å². The molecule has 0 heterocycles. The molecule has 0 spiro atoms. The van der Waals surface area contributed by atoms with Gasteiger partial charge in [-0.3, -0.25) is 0 Å². The van der Waals surface area contributed by atoms with Gasteiger partial charge in [-0.25, -0.2) is 0 Å². The topological polar surface area (TPSA) is 80.3 Å². The van der Waals surface area contributed by atoms with Crippen molar-refractivity contribution in [2.75, 3.05) is 0 Å². The van der Waals surface area contributed by atoms with Crippen LogP contribution in [0, 0.1) is 0 Å². The van der Waals surface area contributed by atoms with Crippen LogP contribution in [0.15, 0.2) is 0 Å². The molecule has 0 aliphatic heterocycles. The van der Waals surface area contributed by atoms with Crippen molar-refractivity contribution in [1.82, 2.24) is 0 Å². The van der Waals surface area contributed by atoms with E-state index < -0.39 is 11.9 Å². The van der Waals surface area contributed by atoms with Crippen LogP contribution in [0.5, 0.6) is 0 Å². The second-order valence-electron chi connectivity index (χ2n) is 0.575. The number of aliphatic carboxylic acids is 2. The Morgan fingerprint density at radius 2 is 1.14 bits per heavy atom.